The second-order valence-electron chi connectivity index (χ2n) is 1.14. The summed E-state index contributed by atoms with van der Waals surface area (Å²) in [5.41, 5.74) is 0. The molecule has 1 radical (unpaired) electrons. The van der Waals surface area contributed by atoms with Crippen molar-refractivity contribution in [1.29, 1.82) is 0 Å². The molecule has 0 heterocycles. The molecule has 0 N–H and O–H groups in total. The maximum Gasteiger partial charge on any atom is 0.103 e. The van der Waals surface area contributed by atoms with E-state index in [0.717, 1.165) is 0 Å². The zero-order valence-electron chi connectivity index (χ0n) is 4.61. The van der Waals surface area contributed by atoms with Gasteiger partial charge in [0.2, 0.25) is 0 Å². The molecule has 0 aliphatic carbocycles. The average molecular weight is 174 g/mol. The van der Waals surface area contributed by atoms with Crippen molar-refractivity contribution in [3.05, 3.63) is 6.92 Å². The van der Waals surface area contributed by atoms with Gasteiger partial charge in [-0.2, -0.15) is 0 Å². The Morgan fingerprint density at radius 3 is 2.14 bits per heavy atom. The largest absolute Gasteiger partial charge is 0.336 e. The van der Waals surface area contributed by atoms with E-state index < -0.39 is 0 Å². The summed E-state index contributed by atoms with van der Waals surface area (Å²) in [5.74, 6) is 0.231. The van der Waals surface area contributed by atoms with E-state index in [0.29, 0.717) is 12.8 Å². The van der Waals surface area contributed by atoms with Gasteiger partial charge in [-0.1, -0.05) is 6.92 Å². The monoisotopic (exact) mass is 174 g/mol. The summed E-state index contributed by atoms with van der Waals surface area (Å²) < 4.78 is 0. The third-order valence-corrected chi connectivity index (χ3v) is 0.673. The van der Waals surface area contributed by atoms with Gasteiger partial charge >= 0.3 is 0 Å². The van der Waals surface area contributed by atoms with Gasteiger partial charge < -0.3 is 11.7 Å². The van der Waals surface area contributed by atoms with Gasteiger partial charge in [-0.05, 0) is 0 Å². The quantitative estimate of drug-likeness (QED) is 0.574. The van der Waals surface area contributed by atoms with E-state index in [1.807, 2.05) is 6.92 Å². The van der Waals surface area contributed by atoms with Crippen LogP contribution in [0.3, 0.4) is 0 Å². The summed E-state index contributed by atoms with van der Waals surface area (Å²) in [6, 6.07) is 0. The predicted octanol–water partition coefficient (Wildman–Crippen LogP) is 1.19. The maximum absolute atomic E-state index is 10.1. The van der Waals surface area contributed by atoms with Crippen LogP contribution in [-0.2, 0) is 37.5 Å². The molecular weight excluding hydrogens is 165 g/mol. The molecule has 2 heteroatoms. The van der Waals surface area contributed by atoms with E-state index in [9.17, 15) is 4.79 Å². The number of Topliss-reactive ketones (excluding diaryl/α,β-unsaturated/α-hetero) is 1. The molecule has 7 heavy (non-hydrogen) atoms. The molecule has 0 aromatic carbocycles. The van der Waals surface area contributed by atoms with Gasteiger partial charge in [0, 0.05) is 39.1 Å². The molecule has 0 atom stereocenters. The van der Waals surface area contributed by atoms with Crippen molar-refractivity contribution in [1.82, 2.24) is 0 Å². The van der Waals surface area contributed by atoms with Gasteiger partial charge in [0.25, 0.3) is 0 Å². The third-order valence-electron chi connectivity index (χ3n) is 0.673. The Morgan fingerprint density at radius 1 is 1.71 bits per heavy atom. The second kappa shape index (κ2) is 6.77. The summed E-state index contributed by atoms with van der Waals surface area (Å²) in [6.07, 6.45) is 1.07. The smallest absolute Gasteiger partial charge is 0.103 e. The van der Waals surface area contributed by atoms with E-state index in [1.165, 1.54) is 0 Å². The van der Waals surface area contributed by atoms with Crippen LogP contribution in [0.1, 0.15) is 19.8 Å². The van der Waals surface area contributed by atoms with Gasteiger partial charge in [-0.3, -0.25) is 0 Å². The summed E-state index contributed by atoms with van der Waals surface area (Å²) in [4.78, 5) is 10.1. The minimum absolute atomic E-state index is 0. The van der Waals surface area contributed by atoms with Crippen LogP contribution >= 0.6 is 0 Å². The minimum atomic E-state index is 0. The van der Waals surface area contributed by atoms with Crippen LogP contribution in [0.15, 0.2) is 0 Å². The van der Waals surface area contributed by atoms with Crippen LogP contribution in [0.25, 0.3) is 0 Å². The minimum Gasteiger partial charge on any atom is -0.336 e. The molecule has 1 nitrogen and oxygen atoms in total. The van der Waals surface area contributed by atoms with Crippen molar-refractivity contribution >= 4 is 5.78 Å². The first-order chi connectivity index (χ1) is 2.81. The summed E-state index contributed by atoms with van der Waals surface area (Å²) >= 11 is 0. The number of ketones is 1. The van der Waals surface area contributed by atoms with Gasteiger partial charge in [0.05, 0.1) is 0 Å². The molecule has 0 amide bonds. The van der Waals surface area contributed by atoms with E-state index in [-0.39, 0.29) is 38.5 Å². The Balaban J connectivity index is 0. The van der Waals surface area contributed by atoms with Gasteiger partial charge in [-0.25, -0.2) is 0 Å². The van der Waals surface area contributed by atoms with Crippen LogP contribution in [0.2, 0.25) is 0 Å². The number of hydrogen-bond donors (Lipinski definition) is 0. The fourth-order valence-electron chi connectivity index (χ4n) is 0.177. The average Bonchev–Trinajstić information content (AvgIpc) is 1.65. The third kappa shape index (κ3) is 6.77. The molecule has 0 aromatic rings. The van der Waals surface area contributed by atoms with Crippen molar-refractivity contribution in [2.45, 2.75) is 19.8 Å². The van der Waals surface area contributed by atoms with E-state index >= 15 is 0 Å². The summed E-state index contributed by atoms with van der Waals surface area (Å²) in [7, 11) is 0. The first-order valence-corrected chi connectivity index (χ1v) is 2.12. The van der Waals surface area contributed by atoms with E-state index in [4.69, 9.17) is 0 Å². The van der Waals surface area contributed by atoms with Crippen LogP contribution in [-0.4, -0.2) is 5.78 Å². The standard InChI is InChI=1S/C5H9O.Y/c1-3-5(6)4-2;/h1,3-4H2,2H3;/q-1;. The van der Waals surface area contributed by atoms with Crippen molar-refractivity contribution in [3.63, 3.8) is 0 Å². The Bertz CT molecular complexity index is 46.0. The van der Waals surface area contributed by atoms with E-state index in [1.54, 1.807) is 0 Å². The number of rotatable bonds is 2. The van der Waals surface area contributed by atoms with Gasteiger partial charge in [-0.15, -0.1) is 6.42 Å². The fraction of sp³-hybridized carbons (Fsp3) is 0.600. The molecular formula is C5H9OY-. The summed E-state index contributed by atoms with van der Waals surface area (Å²) in [6.45, 7) is 5.25. The molecule has 0 fully saturated rings. The maximum atomic E-state index is 10.1. The van der Waals surface area contributed by atoms with E-state index in [2.05, 4.69) is 6.92 Å². The molecule has 0 rings (SSSR count). The number of carbonyl (C=O) groups excluding carboxylic acids is 1. The first kappa shape index (κ1) is 10.7. The van der Waals surface area contributed by atoms with Crippen molar-refractivity contribution in [2.24, 2.45) is 0 Å². The molecule has 0 bridgehead atoms. The van der Waals surface area contributed by atoms with Crippen LogP contribution in [0.5, 0.6) is 0 Å². The molecule has 0 spiro atoms. The van der Waals surface area contributed by atoms with Crippen LogP contribution < -0.4 is 0 Å². The Hall–Kier alpha value is 0.774. The molecule has 0 aromatic heterocycles. The number of hydrogen-bond acceptors (Lipinski definition) is 1. The topological polar surface area (TPSA) is 17.1 Å². The first-order valence-electron chi connectivity index (χ1n) is 2.12. The molecule has 0 aliphatic rings. The Morgan fingerprint density at radius 2 is 2.14 bits per heavy atom. The normalized spacial score (nSPS) is 7.14. The van der Waals surface area contributed by atoms with Crippen molar-refractivity contribution < 1.29 is 37.5 Å². The SMILES string of the molecule is [CH2-]CC(=O)CC.[Y]. The van der Waals surface area contributed by atoms with Crippen LogP contribution in [0, 0.1) is 6.92 Å². The van der Waals surface area contributed by atoms with Crippen molar-refractivity contribution in [3.8, 4) is 0 Å². The predicted molar refractivity (Wildman–Crippen MR) is 25.3 cm³/mol. The van der Waals surface area contributed by atoms with Crippen LogP contribution in [0.4, 0.5) is 0 Å². The molecule has 0 unspecified atom stereocenters. The molecule has 0 aliphatic heterocycles. The number of carbonyl (C=O) groups is 1. The zero-order valence-corrected chi connectivity index (χ0v) is 7.45. The van der Waals surface area contributed by atoms with Crippen molar-refractivity contribution in [2.75, 3.05) is 0 Å². The fourth-order valence-corrected chi connectivity index (χ4v) is 0.177. The zero-order chi connectivity index (χ0) is 4.99. The molecule has 39 valence electrons. The Labute approximate surface area is 69.7 Å². The van der Waals surface area contributed by atoms with Gasteiger partial charge in [0.1, 0.15) is 5.78 Å². The second-order valence-corrected chi connectivity index (χ2v) is 1.14. The van der Waals surface area contributed by atoms with Gasteiger partial charge in [0.15, 0.2) is 0 Å². The summed E-state index contributed by atoms with van der Waals surface area (Å²) in [5, 5.41) is 0. The Kier molecular flexibility index (Phi) is 10.4. The molecule has 0 saturated heterocycles. The molecule has 0 saturated carbocycles.